The summed E-state index contributed by atoms with van der Waals surface area (Å²) in [5.41, 5.74) is 0.103. The molecule has 0 atom stereocenters. The molecular weight excluding hydrogens is 290 g/mol. The number of hydrogen-bond acceptors (Lipinski definition) is 4. The van der Waals surface area contributed by atoms with Crippen molar-refractivity contribution in [3.63, 3.8) is 0 Å². The number of aromatic nitrogens is 1. The van der Waals surface area contributed by atoms with Crippen molar-refractivity contribution >= 4 is 28.3 Å². The summed E-state index contributed by atoms with van der Waals surface area (Å²) < 4.78 is 10.6. The Balaban J connectivity index is 2.15. The van der Waals surface area contributed by atoms with E-state index in [4.69, 9.17) is 21.1 Å². The highest BCUT2D eigenvalue weighted by Gasteiger charge is 2.18. The topological polar surface area (TPSA) is 48.4 Å². The number of methoxy groups -OCH3 is 1. The van der Waals surface area contributed by atoms with Crippen molar-refractivity contribution < 1.29 is 14.3 Å². The third-order valence-electron chi connectivity index (χ3n) is 3.46. The van der Waals surface area contributed by atoms with Crippen LogP contribution >= 0.6 is 11.6 Å². The summed E-state index contributed by atoms with van der Waals surface area (Å²) in [4.78, 5) is 16.2. The summed E-state index contributed by atoms with van der Waals surface area (Å²) in [5, 5.41) is 1.86. The number of ether oxygens (including phenoxy) is 2. The lowest BCUT2D eigenvalue weighted by Crippen LogP contribution is -2.25. The summed E-state index contributed by atoms with van der Waals surface area (Å²) in [5.74, 6) is -0.401. The molecule has 0 aliphatic heterocycles. The first kappa shape index (κ1) is 15.7. The molecule has 0 aliphatic carbocycles. The van der Waals surface area contributed by atoms with Crippen molar-refractivity contribution in [1.82, 2.24) is 4.98 Å². The molecule has 1 aromatic carbocycles. The molecule has 0 saturated heterocycles. The minimum absolute atomic E-state index is 0.288. The Labute approximate surface area is 129 Å². The Morgan fingerprint density at radius 1 is 1.29 bits per heavy atom. The predicted octanol–water partition coefficient (Wildman–Crippen LogP) is 3.86. The van der Waals surface area contributed by atoms with Crippen LogP contribution in [0, 0.1) is 0 Å². The number of carbonyl (C=O) groups excluding carboxylic acids is 1. The van der Waals surface area contributed by atoms with Gasteiger partial charge in [-0.15, -0.1) is 0 Å². The molecule has 0 N–H and O–H groups in total. The van der Waals surface area contributed by atoms with Gasteiger partial charge >= 0.3 is 5.97 Å². The molecule has 5 heteroatoms. The molecule has 0 spiro atoms. The maximum Gasteiger partial charge on any atom is 0.340 e. The molecule has 0 saturated carbocycles. The van der Waals surface area contributed by atoms with Gasteiger partial charge in [0.05, 0.1) is 17.8 Å². The van der Waals surface area contributed by atoms with Crippen molar-refractivity contribution in [2.24, 2.45) is 0 Å². The van der Waals surface area contributed by atoms with Gasteiger partial charge in [-0.1, -0.05) is 35.9 Å². The van der Waals surface area contributed by atoms with Crippen LogP contribution in [0.5, 0.6) is 0 Å². The van der Waals surface area contributed by atoms with Gasteiger partial charge in [-0.25, -0.2) is 9.78 Å². The number of hydrogen-bond donors (Lipinski definition) is 0. The van der Waals surface area contributed by atoms with Crippen molar-refractivity contribution in [2.75, 3.05) is 13.7 Å². The average molecular weight is 308 g/mol. The third kappa shape index (κ3) is 3.71. The van der Waals surface area contributed by atoms with Crippen LogP contribution in [0.2, 0.25) is 5.15 Å². The van der Waals surface area contributed by atoms with Gasteiger partial charge in [0, 0.05) is 30.5 Å². The fourth-order valence-corrected chi connectivity index (χ4v) is 2.10. The molecule has 0 amide bonds. The lowest BCUT2D eigenvalue weighted by molar-refractivity contribution is -0.00558. The lowest BCUT2D eigenvalue weighted by Gasteiger charge is -2.22. The second-order valence-corrected chi connectivity index (χ2v) is 5.72. The Kier molecular flexibility index (Phi) is 4.80. The summed E-state index contributed by atoms with van der Waals surface area (Å²) in [6.45, 7) is 4.18. The second kappa shape index (κ2) is 6.41. The van der Waals surface area contributed by atoms with E-state index in [9.17, 15) is 4.79 Å². The van der Waals surface area contributed by atoms with Crippen LogP contribution in [0.3, 0.4) is 0 Å². The number of halogens is 1. The monoisotopic (exact) mass is 307 g/mol. The van der Waals surface area contributed by atoms with Crippen LogP contribution in [-0.2, 0) is 9.47 Å². The fourth-order valence-electron chi connectivity index (χ4n) is 1.89. The zero-order valence-corrected chi connectivity index (χ0v) is 13.1. The first-order valence-electron chi connectivity index (χ1n) is 6.70. The maximum atomic E-state index is 12.2. The van der Waals surface area contributed by atoms with Gasteiger partial charge in [-0.05, 0) is 13.8 Å². The van der Waals surface area contributed by atoms with E-state index in [-0.39, 0.29) is 12.2 Å². The lowest BCUT2D eigenvalue weighted by atomic mass is 10.1. The number of esters is 1. The first-order chi connectivity index (χ1) is 9.94. The first-order valence-corrected chi connectivity index (χ1v) is 7.08. The SMILES string of the molecule is COC(C)(C)CCOC(=O)c1cnc(Cl)c2ccccc12. The minimum atomic E-state index is -0.401. The molecule has 1 aromatic heterocycles. The van der Waals surface area contributed by atoms with Gasteiger partial charge in [0.1, 0.15) is 5.15 Å². The normalized spacial score (nSPS) is 11.6. The molecule has 0 unspecified atom stereocenters. The molecule has 0 radical (unpaired) electrons. The van der Waals surface area contributed by atoms with E-state index in [1.807, 2.05) is 38.1 Å². The zero-order valence-electron chi connectivity index (χ0n) is 12.4. The second-order valence-electron chi connectivity index (χ2n) is 5.36. The van der Waals surface area contributed by atoms with Crippen molar-refractivity contribution in [3.8, 4) is 0 Å². The molecular formula is C16H18ClNO3. The molecule has 2 rings (SSSR count). The van der Waals surface area contributed by atoms with Crippen LogP contribution in [0.25, 0.3) is 10.8 Å². The van der Waals surface area contributed by atoms with E-state index in [1.54, 1.807) is 7.11 Å². The molecule has 21 heavy (non-hydrogen) atoms. The molecule has 0 fully saturated rings. The van der Waals surface area contributed by atoms with Gasteiger partial charge in [-0.3, -0.25) is 0 Å². The van der Waals surface area contributed by atoms with Gasteiger partial charge in [0.2, 0.25) is 0 Å². The third-order valence-corrected chi connectivity index (χ3v) is 3.76. The molecule has 112 valence electrons. The highest BCUT2D eigenvalue weighted by molar-refractivity contribution is 6.34. The Morgan fingerprint density at radius 2 is 1.95 bits per heavy atom. The van der Waals surface area contributed by atoms with Crippen molar-refractivity contribution in [1.29, 1.82) is 0 Å². The molecule has 1 heterocycles. The summed E-state index contributed by atoms with van der Waals surface area (Å²) in [6, 6.07) is 7.36. The fraction of sp³-hybridized carbons (Fsp3) is 0.375. The quantitative estimate of drug-likeness (QED) is 0.621. The van der Waals surface area contributed by atoms with E-state index in [0.717, 1.165) is 10.8 Å². The van der Waals surface area contributed by atoms with Crippen LogP contribution in [0.1, 0.15) is 30.6 Å². The predicted molar refractivity (Wildman–Crippen MR) is 82.7 cm³/mol. The minimum Gasteiger partial charge on any atom is -0.462 e. The average Bonchev–Trinajstić information content (AvgIpc) is 2.47. The highest BCUT2D eigenvalue weighted by atomic mass is 35.5. The molecule has 4 nitrogen and oxygen atoms in total. The number of carbonyl (C=O) groups is 1. The van der Waals surface area contributed by atoms with Crippen molar-refractivity contribution in [2.45, 2.75) is 25.9 Å². The maximum absolute atomic E-state index is 12.2. The summed E-state index contributed by atoms with van der Waals surface area (Å²) >= 11 is 6.04. The van der Waals surface area contributed by atoms with Crippen LogP contribution in [-0.4, -0.2) is 30.3 Å². The van der Waals surface area contributed by atoms with Gasteiger partial charge in [0.25, 0.3) is 0 Å². The Morgan fingerprint density at radius 3 is 2.62 bits per heavy atom. The number of nitrogens with zero attached hydrogens (tertiary/aromatic N) is 1. The van der Waals surface area contributed by atoms with Gasteiger partial charge in [-0.2, -0.15) is 0 Å². The van der Waals surface area contributed by atoms with E-state index in [0.29, 0.717) is 17.1 Å². The summed E-state index contributed by atoms with van der Waals surface area (Å²) in [6.07, 6.45) is 2.07. The Hall–Kier alpha value is -1.65. The molecule has 2 aromatic rings. The van der Waals surface area contributed by atoms with Crippen LogP contribution < -0.4 is 0 Å². The zero-order chi connectivity index (χ0) is 15.5. The Bertz CT molecular complexity index is 655. The molecule has 0 aliphatic rings. The van der Waals surface area contributed by atoms with Crippen LogP contribution in [0.15, 0.2) is 30.5 Å². The van der Waals surface area contributed by atoms with E-state index in [1.165, 1.54) is 6.20 Å². The number of fused-ring (bicyclic) bond motifs is 1. The number of rotatable bonds is 5. The van der Waals surface area contributed by atoms with E-state index in [2.05, 4.69) is 4.98 Å². The van der Waals surface area contributed by atoms with Crippen LogP contribution in [0.4, 0.5) is 0 Å². The van der Waals surface area contributed by atoms with E-state index < -0.39 is 5.97 Å². The number of pyridine rings is 1. The van der Waals surface area contributed by atoms with Crippen molar-refractivity contribution in [3.05, 3.63) is 41.2 Å². The number of benzene rings is 1. The van der Waals surface area contributed by atoms with Gasteiger partial charge in [0.15, 0.2) is 0 Å². The highest BCUT2D eigenvalue weighted by Crippen LogP contribution is 2.24. The summed E-state index contributed by atoms with van der Waals surface area (Å²) in [7, 11) is 1.64. The molecule has 0 bridgehead atoms. The van der Waals surface area contributed by atoms with E-state index >= 15 is 0 Å². The standard InChI is InChI=1S/C16H18ClNO3/c1-16(2,20-3)8-9-21-15(19)13-10-18-14(17)12-7-5-4-6-11(12)13/h4-7,10H,8-9H2,1-3H3. The van der Waals surface area contributed by atoms with Gasteiger partial charge < -0.3 is 9.47 Å². The smallest absolute Gasteiger partial charge is 0.340 e. The largest absolute Gasteiger partial charge is 0.462 e.